The quantitative estimate of drug-likeness (QED) is 0.713. The van der Waals surface area contributed by atoms with E-state index in [2.05, 4.69) is 6.92 Å². The fraction of sp³-hybridized carbons (Fsp3) is 1.00. The molecule has 3 unspecified atom stereocenters. The van der Waals surface area contributed by atoms with Gasteiger partial charge >= 0.3 is 0 Å². The predicted molar refractivity (Wildman–Crippen MR) is 62.7 cm³/mol. The van der Waals surface area contributed by atoms with E-state index in [1.54, 1.807) is 0 Å². The van der Waals surface area contributed by atoms with Crippen molar-refractivity contribution < 1.29 is 4.74 Å². The van der Waals surface area contributed by atoms with Crippen LogP contribution in [0.4, 0.5) is 0 Å². The van der Waals surface area contributed by atoms with Crippen LogP contribution < -0.4 is 5.73 Å². The Labute approximate surface area is 93.6 Å². The smallest absolute Gasteiger partial charge is 0.0512 e. The van der Waals surface area contributed by atoms with E-state index in [0.29, 0.717) is 5.92 Å². The van der Waals surface area contributed by atoms with E-state index in [0.717, 1.165) is 19.1 Å². The predicted octanol–water partition coefficient (Wildman–Crippen LogP) is 2.71. The Balaban J connectivity index is 1.95. The van der Waals surface area contributed by atoms with Gasteiger partial charge in [-0.05, 0) is 31.6 Å². The van der Waals surface area contributed by atoms with Crippen molar-refractivity contribution in [3.05, 3.63) is 0 Å². The number of hydrogen-bond donors (Lipinski definition) is 1. The molecule has 1 saturated carbocycles. The molecule has 0 aromatic heterocycles. The fourth-order valence-electron chi connectivity index (χ4n) is 3.27. The lowest BCUT2D eigenvalue weighted by molar-refractivity contribution is 0.154. The van der Waals surface area contributed by atoms with Crippen LogP contribution in [0.25, 0.3) is 0 Å². The van der Waals surface area contributed by atoms with E-state index >= 15 is 0 Å². The van der Waals surface area contributed by atoms with Gasteiger partial charge in [0.05, 0.1) is 6.61 Å². The maximum Gasteiger partial charge on any atom is 0.0512 e. The van der Waals surface area contributed by atoms with Gasteiger partial charge in [-0.25, -0.2) is 0 Å². The summed E-state index contributed by atoms with van der Waals surface area (Å²) >= 11 is 0. The van der Waals surface area contributed by atoms with Crippen LogP contribution in [-0.2, 0) is 4.74 Å². The van der Waals surface area contributed by atoms with Gasteiger partial charge in [0.2, 0.25) is 0 Å². The van der Waals surface area contributed by atoms with Crippen molar-refractivity contribution in [2.45, 2.75) is 57.4 Å². The van der Waals surface area contributed by atoms with Crippen LogP contribution in [0.5, 0.6) is 0 Å². The molecule has 0 bridgehead atoms. The lowest BCUT2D eigenvalue weighted by Crippen LogP contribution is -2.47. The second kappa shape index (κ2) is 4.84. The van der Waals surface area contributed by atoms with E-state index in [-0.39, 0.29) is 5.54 Å². The van der Waals surface area contributed by atoms with E-state index in [9.17, 15) is 0 Å². The molecule has 0 amide bonds. The van der Waals surface area contributed by atoms with Gasteiger partial charge in [-0.2, -0.15) is 0 Å². The Bertz CT molecular complexity index is 201. The third-order valence-electron chi connectivity index (χ3n) is 4.59. The zero-order chi connectivity index (χ0) is 10.7. The molecule has 88 valence electrons. The average molecular weight is 211 g/mol. The number of hydrogen-bond acceptors (Lipinski definition) is 2. The zero-order valence-electron chi connectivity index (χ0n) is 10.0. The maximum absolute atomic E-state index is 6.60. The lowest BCUT2D eigenvalue weighted by Gasteiger charge is -2.33. The van der Waals surface area contributed by atoms with Crippen molar-refractivity contribution in [2.24, 2.45) is 17.6 Å². The number of nitrogens with two attached hydrogens (primary N) is 1. The van der Waals surface area contributed by atoms with Gasteiger partial charge in [0, 0.05) is 18.1 Å². The van der Waals surface area contributed by atoms with Gasteiger partial charge in [0.1, 0.15) is 0 Å². The molecule has 1 aliphatic heterocycles. The van der Waals surface area contributed by atoms with Gasteiger partial charge < -0.3 is 10.5 Å². The number of ether oxygens (including phenoxy) is 1. The molecule has 2 heteroatoms. The monoisotopic (exact) mass is 211 g/mol. The molecule has 3 atom stereocenters. The SMILES string of the molecule is CCC1CCCC(N)(C2CCOC2)CC1. The fourth-order valence-corrected chi connectivity index (χ4v) is 3.27. The molecule has 0 aromatic rings. The highest BCUT2D eigenvalue weighted by Gasteiger charge is 2.38. The minimum atomic E-state index is 0.0976. The van der Waals surface area contributed by atoms with Crippen molar-refractivity contribution in [1.82, 2.24) is 0 Å². The first-order valence-electron chi connectivity index (χ1n) is 6.61. The van der Waals surface area contributed by atoms with Crippen LogP contribution in [0.3, 0.4) is 0 Å². The second-order valence-corrected chi connectivity index (χ2v) is 5.50. The molecule has 0 radical (unpaired) electrons. The minimum absolute atomic E-state index is 0.0976. The van der Waals surface area contributed by atoms with Crippen molar-refractivity contribution in [3.8, 4) is 0 Å². The largest absolute Gasteiger partial charge is 0.381 e. The van der Waals surface area contributed by atoms with Gasteiger partial charge in [-0.3, -0.25) is 0 Å². The molecular formula is C13H25NO. The zero-order valence-corrected chi connectivity index (χ0v) is 10.0. The summed E-state index contributed by atoms with van der Waals surface area (Å²) in [5, 5.41) is 0. The first-order valence-corrected chi connectivity index (χ1v) is 6.61. The Hall–Kier alpha value is -0.0800. The standard InChI is InChI=1S/C13H25NO/c1-2-11-4-3-7-13(14,8-5-11)12-6-9-15-10-12/h11-12H,2-10,14H2,1H3. The summed E-state index contributed by atoms with van der Waals surface area (Å²) in [5.41, 5.74) is 6.70. The molecule has 2 fully saturated rings. The van der Waals surface area contributed by atoms with E-state index < -0.39 is 0 Å². The summed E-state index contributed by atoms with van der Waals surface area (Å²) in [7, 11) is 0. The molecule has 2 nitrogen and oxygen atoms in total. The van der Waals surface area contributed by atoms with Crippen LogP contribution in [0.15, 0.2) is 0 Å². The molecular weight excluding hydrogens is 186 g/mol. The van der Waals surface area contributed by atoms with E-state index in [4.69, 9.17) is 10.5 Å². The Morgan fingerprint density at radius 1 is 1.27 bits per heavy atom. The number of rotatable bonds is 2. The van der Waals surface area contributed by atoms with Crippen LogP contribution in [-0.4, -0.2) is 18.8 Å². The molecule has 15 heavy (non-hydrogen) atoms. The Kier molecular flexibility index (Phi) is 3.68. The molecule has 0 aromatic carbocycles. The summed E-state index contributed by atoms with van der Waals surface area (Å²) in [5.74, 6) is 1.56. The lowest BCUT2D eigenvalue weighted by atomic mass is 9.78. The first kappa shape index (κ1) is 11.4. The normalized spacial score (nSPS) is 42.8. The van der Waals surface area contributed by atoms with Crippen molar-refractivity contribution in [3.63, 3.8) is 0 Å². The van der Waals surface area contributed by atoms with Crippen molar-refractivity contribution in [1.29, 1.82) is 0 Å². The summed E-state index contributed by atoms with van der Waals surface area (Å²) in [6.45, 7) is 4.15. The average Bonchev–Trinajstić information content (AvgIpc) is 2.71. The molecule has 2 rings (SSSR count). The first-order chi connectivity index (χ1) is 7.24. The highest BCUT2D eigenvalue weighted by Crippen LogP contribution is 2.37. The molecule has 2 N–H and O–H groups in total. The summed E-state index contributed by atoms with van der Waals surface area (Å²) in [6, 6.07) is 0. The Morgan fingerprint density at radius 2 is 2.13 bits per heavy atom. The van der Waals surface area contributed by atoms with E-state index in [1.807, 2.05) is 0 Å². The van der Waals surface area contributed by atoms with Gasteiger partial charge in [-0.1, -0.05) is 26.2 Å². The molecule has 1 saturated heterocycles. The van der Waals surface area contributed by atoms with Crippen LogP contribution in [0, 0.1) is 11.8 Å². The molecule has 2 aliphatic rings. The van der Waals surface area contributed by atoms with Crippen molar-refractivity contribution in [2.75, 3.05) is 13.2 Å². The topological polar surface area (TPSA) is 35.2 Å². The van der Waals surface area contributed by atoms with Crippen LogP contribution in [0.2, 0.25) is 0 Å². The highest BCUT2D eigenvalue weighted by atomic mass is 16.5. The highest BCUT2D eigenvalue weighted by molar-refractivity contribution is 4.95. The summed E-state index contributed by atoms with van der Waals surface area (Å²) < 4.78 is 5.49. The van der Waals surface area contributed by atoms with Crippen LogP contribution in [0.1, 0.15) is 51.9 Å². The second-order valence-electron chi connectivity index (χ2n) is 5.50. The van der Waals surface area contributed by atoms with Crippen molar-refractivity contribution >= 4 is 0 Å². The van der Waals surface area contributed by atoms with Gasteiger partial charge in [-0.15, -0.1) is 0 Å². The third-order valence-corrected chi connectivity index (χ3v) is 4.59. The van der Waals surface area contributed by atoms with Gasteiger partial charge in [0.15, 0.2) is 0 Å². The molecule has 0 spiro atoms. The minimum Gasteiger partial charge on any atom is -0.381 e. The molecule has 1 heterocycles. The maximum atomic E-state index is 6.60. The van der Waals surface area contributed by atoms with E-state index in [1.165, 1.54) is 44.9 Å². The Morgan fingerprint density at radius 3 is 2.80 bits per heavy atom. The third kappa shape index (κ3) is 2.54. The summed E-state index contributed by atoms with van der Waals surface area (Å²) in [4.78, 5) is 0. The summed E-state index contributed by atoms with van der Waals surface area (Å²) in [6.07, 6.45) is 9.01. The molecule has 1 aliphatic carbocycles. The van der Waals surface area contributed by atoms with Crippen LogP contribution >= 0.6 is 0 Å². The van der Waals surface area contributed by atoms with Gasteiger partial charge in [0.25, 0.3) is 0 Å².